The second kappa shape index (κ2) is 6.41. The Bertz CT molecular complexity index is 1270. The third kappa shape index (κ3) is 3.00. The highest BCUT2D eigenvalue weighted by molar-refractivity contribution is 6.03. The van der Waals surface area contributed by atoms with Crippen LogP contribution in [0.15, 0.2) is 49.1 Å². The Kier molecular flexibility index (Phi) is 3.84. The number of nitrogen functional groups attached to an aromatic ring is 1. The summed E-state index contributed by atoms with van der Waals surface area (Å²) in [4.78, 5) is 20.3. The smallest absolute Gasteiger partial charge is 0.250 e. The lowest BCUT2D eigenvalue weighted by molar-refractivity contribution is 0.1000. The minimum absolute atomic E-state index is 0.328. The topological polar surface area (TPSA) is 113 Å². The number of nitrogens with zero attached hydrogens (tertiary/aromatic N) is 4. The van der Waals surface area contributed by atoms with E-state index in [2.05, 4.69) is 33.3 Å². The van der Waals surface area contributed by atoms with Gasteiger partial charge in [0.25, 0.3) is 0 Å². The number of aryl methyl sites for hydroxylation is 1. The molecular weight excluding hydrogens is 364 g/mol. The maximum absolute atomic E-state index is 11.7. The van der Waals surface area contributed by atoms with E-state index < -0.39 is 5.91 Å². The van der Waals surface area contributed by atoms with E-state index in [-0.39, 0.29) is 0 Å². The van der Waals surface area contributed by atoms with Gasteiger partial charge < -0.3 is 11.5 Å². The Labute approximate surface area is 167 Å². The minimum atomic E-state index is -0.522. The lowest BCUT2D eigenvalue weighted by Gasteiger charge is -2.13. The number of anilines is 1. The number of rotatable bonds is 4. The number of benzene rings is 1. The third-order valence-corrected chi connectivity index (χ3v) is 5.43. The van der Waals surface area contributed by atoms with Crippen LogP contribution in [0.5, 0.6) is 0 Å². The Balaban J connectivity index is 1.71. The van der Waals surface area contributed by atoms with Crippen molar-refractivity contribution in [1.29, 1.82) is 0 Å². The zero-order valence-corrected chi connectivity index (χ0v) is 16.0. The van der Waals surface area contributed by atoms with Crippen LogP contribution in [-0.2, 0) is 7.05 Å². The van der Waals surface area contributed by atoms with Crippen LogP contribution in [0.1, 0.15) is 34.7 Å². The van der Waals surface area contributed by atoms with Crippen LogP contribution in [0, 0.1) is 0 Å². The van der Waals surface area contributed by atoms with Crippen molar-refractivity contribution in [3.05, 3.63) is 60.2 Å². The fraction of sp³-hybridized carbons (Fsp3) is 0.182. The van der Waals surface area contributed by atoms with E-state index in [1.807, 2.05) is 24.1 Å². The van der Waals surface area contributed by atoms with Gasteiger partial charge in [-0.2, -0.15) is 5.10 Å². The molecule has 1 aromatic carbocycles. The van der Waals surface area contributed by atoms with Crippen molar-refractivity contribution in [2.24, 2.45) is 12.8 Å². The van der Waals surface area contributed by atoms with Gasteiger partial charge in [0.15, 0.2) is 0 Å². The number of hydrogen-bond acceptors (Lipinski definition) is 5. The highest BCUT2D eigenvalue weighted by Gasteiger charge is 2.27. The molecule has 0 saturated heterocycles. The zero-order valence-electron chi connectivity index (χ0n) is 16.0. The second-order valence-electron chi connectivity index (χ2n) is 7.52. The first-order valence-corrected chi connectivity index (χ1v) is 9.48. The van der Waals surface area contributed by atoms with E-state index in [1.165, 1.54) is 30.2 Å². The Morgan fingerprint density at radius 1 is 1.07 bits per heavy atom. The molecule has 1 amide bonds. The second-order valence-corrected chi connectivity index (χ2v) is 7.52. The van der Waals surface area contributed by atoms with Crippen LogP contribution in [0.2, 0.25) is 0 Å². The van der Waals surface area contributed by atoms with Gasteiger partial charge in [0.2, 0.25) is 5.91 Å². The lowest BCUT2D eigenvalue weighted by Crippen LogP contribution is -2.11. The van der Waals surface area contributed by atoms with Gasteiger partial charge in [-0.3, -0.25) is 14.5 Å². The molecule has 5 rings (SSSR count). The summed E-state index contributed by atoms with van der Waals surface area (Å²) in [6.07, 6.45) is 9.47. The van der Waals surface area contributed by atoms with Crippen LogP contribution in [0.25, 0.3) is 33.2 Å². The molecule has 4 N–H and O–H groups in total. The molecule has 0 radical (unpaired) electrons. The van der Waals surface area contributed by atoms with Gasteiger partial charge in [-0.05, 0) is 41.5 Å². The summed E-state index contributed by atoms with van der Waals surface area (Å²) in [5, 5.41) is 5.08. The maximum atomic E-state index is 11.7. The number of hydrogen-bond donors (Lipinski definition) is 2. The highest BCUT2D eigenvalue weighted by atomic mass is 16.1. The molecule has 3 aromatic heterocycles. The first kappa shape index (κ1) is 17.4. The number of primary amides is 1. The van der Waals surface area contributed by atoms with Crippen molar-refractivity contribution in [1.82, 2.24) is 19.7 Å². The SMILES string of the molecule is Cn1cc(-c2ccc(-c3cnc(N)c4ncc(C(N)=O)cc34)cc2C2CC2)cn1. The summed E-state index contributed by atoms with van der Waals surface area (Å²) in [5.41, 5.74) is 17.9. The molecule has 29 heavy (non-hydrogen) atoms. The monoisotopic (exact) mass is 384 g/mol. The van der Waals surface area contributed by atoms with Crippen molar-refractivity contribution >= 4 is 22.6 Å². The molecule has 0 atom stereocenters. The Morgan fingerprint density at radius 2 is 1.90 bits per heavy atom. The quantitative estimate of drug-likeness (QED) is 0.561. The third-order valence-electron chi connectivity index (χ3n) is 5.43. The normalized spacial score (nSPS) is 13.7. The van der Waals surface area contributed by atoms with Gasteiger partial charge in [0.05, 0.1) is 11.8 Å². The van der Waals surface area contributed by atoms with Gasteiger partial charge in [0.1, 0.15) is 11.3 Å². The van der Waals surface area contributed by atoms with Crippen molar-refractivity contribution in [2.45, 2.75) is 18.8 Å². The molecule has 144 valence electrons. The molecule has 1 aliphatic rings. The summed E-state index contributed by atoms with van der Waals surface area (Å²) in [6.45, 7) is 0. The van der Waals surface area contributed by atoms with Crippen LogP contribution < -0.4 is 11.5 Å². The molecule has 0 aliphatic heterocycles. The van der Waals surface area contributed by atoms with Gasteiger partial charge in [-0.15, -0.1) is 0 Å². The predicted molar refractivity (Wildman–Crippen MR) is 112 cm³/mol. The molecule has 4 aromatic rings. The molecule has 1 saturated carbocycles. The average Bonchev–Trinajstić information content (AvgIpc) is 3.48. The molecule has 7 heteroatoms. The van der Waals surface area contributed by atoms with E-state index in [0.717, 1.165) is 22.1 Å². The zero-order chi connectivity index (χ0) is 20.1. The number of amides is 1. The van der Waals surface area contributed by atoms with Crippen molar-refractivity contribution in [3.8, 4) is 22.3 Å². The van der Waals surface area contributed by atoms with E-state index in [9.17, 15) is 4.79 Å². The molecule has 3 heterocycles. The van der Waals surface area contributed by atoms with Crippen LogP contribution in [0.4, 0.5) is 5.82 Å². The predicted octanol–water partition coefficient (Wildman–Crippen LogP) is 3.26. The maximum Gasteiger partial charge on any atom is 0.250 e. The fourth-order valence-electron chi connectivity index (χ4n) is 3.79. The van der Waals surface area contributed by atoms with Gasteiger partial charge in [-0.25, -0.2) is 4.98 Å². The molecule has 0 spiro atoms. The lowest BCUT2D eigenvalue weighted by atomic mass is 9.93. The number of fused-ring (bicyclic) bond motifs is 1. The van der Waals surface area contributed by atoms with Gasteiger partial charge in [0, 0.05) is 42.2 Å². The minimum Gasteiger partial charge on any atom is -0.382 e. The summed E-state index contributed by atoms with van der Waals surface area (Å²) < 4.78 is 1.81. The summed E-state index contributed by atoms with van der Waals surface area (Å²) >= 11 is 0. The first-order chi connectivity index (χ1) is 14.0. The van der Waals surface area contributed by atoms with Crippen molar-refractivity contribution < 1.29 is 4.79 Å². The number of pyridine rings is 2. The van der Waals surface area contributed by atoms with E-state index in [1.54, 1.807) is 12.3 Å². The number of aromatic nitrogens is 4. The molecule has 0 bridgehead atoms. The number of nitrogens with two attached hydrogens (primary N) is 2. The van der Waals surface area contributed by atoms with E-state index >= 15 is 0 Å². The standard InChI is InChI=1S/C22H20N6O/c1-28-11-15(9-27-28)16-5-4-13(6-17(16)12-2-3-12)19-10-26-21(23)20-18(19)7-14(8-25-20)22(24)29/h4-12H,2-3H2,1H3,(H2,23,26)(H2,24,29). The molecular formula is C22H20N6O. The summed E-state index contributed by atoms with van der Waals surface area (Å²) in [5.74, 6) is 0.359. The van der Waals surface area contributed by atoms with E-state index in [4.69, 9.17) is 11.5 Å². The average molecular weight is 384 g/mol. The van der Waals surface area contributed by atoms with Crippen LogP contribution >= 0.6 is 0 Å². The van der Waals surface area contributed by atoms with Gasteiger partial charge >= 0.3 is 0 Å². The van der Waals surface area contributed by atoms with Crippen molar-refractivity contribution in [2.75, 3.05) is 5.73 Å². The fourth-order valence-corrected chi connectivity index (χ4v) is 3.79. The largest absolute Gasteiger partial charge is 0.382 e. The number of carbonyl (C=O) groups excluding carboxylic acids is 1. The molecule has 0 unspecified atom stereocenters. The Hall–Kier alpha value is -3.74. The van der Waals surface area contributed by atoms with E-state index in [0.29, 0.717) is 22.8 Å². The summed E-state index contributed by atoms with van der Waals surface area (Å²) in [6, 6.07) is 8.15. The molecule has 7 nitrogen and oxygen atoms in total. The van der Waals surface area contributed by atoms with Crippen LogP contribution in [0.3, 0.4) is 0 Å². The summed E-state index contributed by atoms with van der Waals surface area (Å²) in [7, 11) is 1.92. The first-order valence-electron chi connectivity index (χ1n) is 9.48. The van der Waals surface area contributed by atoms with Gasteiger partial charge in [-0.1, -0.05) is 18.2 Å². The van der Waals surface area contributed by atoms with Crippen molar-refractivity contribution in [3.63, 3.8) is 0 Å². The number of carbonyl (C=O) groups is 1. The molecule has 1 fully saturated rings. The van der Waals surface area contributed by atoms with Crippen LogP contribution in [-0.4, -0.2) is 25.7 Å². The Morgan fingerprint density at radius 3 is 2.59 bits per heavy atom. The highest BCUT2D eigenvalue weighted by Crippen LogP contribution is 2.46. The molecule has 1 aliphatic carbocycles.